The molecule has 3 atom stereocenters. The second kappa shape index (κ2) is 7.05. The van der Waals surface area contributed by atoms with Gasteiger partial charge in [0.05, 0.1) is 19.3 Å². The molecule has 2 saturated heterocycles. The smallest absolute Gasteiger partial charge is 0.107 e. The number of fused-ring (bicyclic) bond motifs is 1. The lowest BCUT2D eigenvalue weighted by Gasteiger charge is -2.32. The minimum Gasteiger partial charge on any atom is -0.374 e. The van der Waals surface area contributed by atoms with E-state index in [0.717, 1.165) is 31.7 Å². The van der Waals surface area contributed by atoms with E-state index in [1.54, 1.807) is 17.5 Å². The third kappa shape index (κ3) is 3.45. The first-order valence-electron chi connectivity index (χ1n) is 8.15. The zero-order valence-electron chi connectivity index (χ0n) is 13.0. The number of hydrogen-bond acceptors (Lipinski definition) is 6. The number of pyridine rings is 1. The van der Waals surface area contributed by atoms with Crippen LogP contribution in [0.15, 0.2) is 36.1 Å². The van der Waals surface area contributed by atoms with Crippen molar-refractivity contribution < 1.29 is 9.47 Å². The number of ether oxygens (including phenoxy) is 2. The molecule has 0 spiro atoms. The summed E-state index contributed by atoms with van der Waals surface area (Å²) >= 11 is 1.72. The van der Waals surface area contributed by atoms with Crippen LogP contribution in [0.25, 0.3) is 0 Å². The SMILES string of the molecule is c1cncc(CO[C@@H]2CN(Cc3nccs3)[C@H]3CCCO[C@@H]23)c1. The van der Waals surface area contributed by atoms with Gasteiger partial charge in [0.2, 0.25) is 0 Å². The highest BCUT2D eigenvalue weighted by molar-refractivity contribution is 7.09. The third-order valence-electron chi connectivity index (χ3n) is 4.59. The molecule has 2 aliphatic rings. The van der Waals surface area contributed by atoms with E-state index in [-0.39, 0.29) is 12.2 Å². The Bertz CT molecular complexity index is 608. The first kappa shape index (κ1) is 15.2. The molecule has 4 heterocycles. The van der Waals surface area contributed by atoms with Crippen molar-refractivity contribution in [1.29, 1.82) is 0 Å². The van der Waals surface area contributed by atoms with Gasteiger partial charge in [-0.05, 0) is 24.5 Å². The molecule has 0 unspecified atom stereocenters. The van der Waals surface area contributed by atoms with Gasteiger partial charge in [0.25, 0.3) is 0 Å². The molecule has 0 aliphatic carbocycles. The molecular weight excluding hydrogens is 310 g/mol. The molecule has 2 aliphatic heterocycles. The fraction of sp³-hybridized carbons (Fsp3) is 0.529. The van der Waals surface area contributed by atoms with E-state index in [9.17, 15) is 0 Å². The summed E-state index contributed by atoms with van der Waals surface area (Å²) in [7, 11) is 0. The summed E-state index contributed by atoms with van der Waals surface area (Å²) in [6.07, 6.45) is 8.15. The number of thiazole rings is 1. The molecule has 0 saturated carbocycles. The molecule has 0 radical (unpaired) electrons. The Kier molecular flexibility index (Phi) is 4.66. The highest BCUT2D eigenvalue weighted by Crippen LogP contribution is 2.32. The van der Waals surface area contributed by atoms with Crippen LogP contribution < -0.4 is 0 Å². The second-order valence-electron chi connectivity index (χ2n) is 6.11. The maximum atomic E-state index is 6.18. The van der Waals surface area contributed by atoms with Crippen molar-refractivity contribution >= 4 is 11.3 Å². The summed E-state index contributed by atoms with van der Waals surface area (Å²) in [4.78, 5) is 11.1. The maximum Gasteiger partial charge on any atom is 0.107 e. The predicted octanol–water partition coefficient (Wildman–Crippen LogP) is 2.49. The van der Waals surface area contributed by atoms with Gasteiger partial charge in [-0.1, -0.05) is 6.07 Å². The summed E-state index contributed by atoms with van der Waals surface area (Å²) in [5.41, 5.74) is 1.11. The second-order valence-corrected chi connectivity index (χ2v) is 7.09. The van der Waals surface area contributed by atoms with Gasteiger partial charge in [-0.25, -0.2) is 4.98 Å². The highest BCUT2D eigenvalue weighted by atomic mass is 32.1. The zero-order valence-corrected chi connectivity index (χ0v) is 13.8. The predicted molar refractivity (Wildman–Crippen MR) is 88.1 cm³/mol. The van der Waals surface area contributed by atoms with E-state index < -0.39 is 0 Å². The van der Waals surface area contributed by atoms with E-state index >= 15 is 0 Å². The van der Waals surface area contributed by atoms with Crippen molar-refractivity contribution in [2.45, 2.75) is 44.2 Å². The number of nitrogens with zero attached hydrogens (tertiary/aromatic N) is 3. The van der Waals surface area contributed by atoms with Crippen LogP contribution in [-0.4, -0.2) is 46.3 Å². The molecule has 0 amide bonds. The van der Waals surface area contributed by atoms with Gasteiger partial charge in [0.15, 0.2) is 0 Å². The minimum atomic E-state index is 0.125. The van der Waals surface area contributed by atoms with E-state index in [4.69, 9.17) is 9.47 Å². The van der Waals surface area contributed by atoms with E-state index in [1.807, 2.05) is 23.8 Å². The molecular formula is C17H21N3O2S. The fourth-order valence-corrected chi connectivity index (χ4v) is 4.16. The van der Waals surface area contributed by atoms with Crippen molar-refractivity contribution in [2.24, 2.45) is 0 Å². The summed E-state index contributed by atoms with van der Waals surface area (Å²) in [6, 6.07) is 4.45. The standard InChI is InChI=1S/C17H21N3O2S/c1-3-13(9-18-5-1)12-22-15-10-20(11-16-19-6-8-23-16)14-4-2-7-21-17(14)15/h1,3,5-6,8-9,14-15,17H,2,4,7,10-12H2/t14-,15+,17+/m0/s1. The average Bonchev–Trinajstić information content (AvgIpc) is 3.23. The zero-order chi connectivity index (χ0) is 15.5. The van der Waals surface area contributed by atoms with Crippen LogP contribution in [0, 0.1) is 0 Å². The first-order chi connectivity index (χ1) is 11.4. The Morgan fingerprint density at radius 2 is 2.39 bits per heavy atom. The molecule has 23 heavy (non-hydrogen) atoms. The fourth-order valence-electron chi connectivity index (χ4n) is 3.52. The molecule has 0 aromatic carbocycles. The van der Waals surface area contributed by atoms with Gasteiger partial charge in [-0.3, -0.25) is 9.88 Å². The first-order valence-corrected chi connectivity index (χ1v) is 9.02. The summed E-state index contributed by atoms with van der Waals surface area (Å²) < 4.78 is 12.2. The van der Waals surface area contributed by atoms with E-state index in [2.05, 4.69) is 20.9 Å². The number of rotatable bonds is 5. The lowest BCUT2D eigenvalue weighted by molar-refractivity contribution is -0.0819. The van der Waals surface area contributed by atoms with Crippen molar-refractivity contribution in [3.8, 4) is 0 Å². The molecule has 5 nitrogen and oxygen atoms in total. The summed E-state index contributed by atoms with van der Waals surface area (Å²) in [6.45, 7) is 3.25. The Morgan fingerprint density at radius 1 is 1.39 bits per heavy atom. The summed E-state index contributed by atoms with van der Waals surface area (Å²) in [5.74, 6) is 0. The molecule has 6 heteroatoms. The molecule has 2 aromatic heterocycles. The highest BCUT2D eigenvalue weighted by Gasteiger charge is 2.44. The monoisotopic (exact) mass is 331 g/mol. The molecule has 0 bridgehead atoms. The van der Waals surface area contributed by atoms with Crippen molar-refractivity contribution in [3.05, 3.63) is 46.7 Å². The minimum absolute atomic E-state index is 0.125. The molecule has 2 aromatic rings. The van der Waals surface area contributed by atoms with Crippen LogP contribution in [0.2, 0.25) is 0 Å². The molecule has 122 valence electrons. The Morgan fingerprint density at radius 3 is 3.22 bits per heavy atom. The van der Waals surface area contributed by atoms with Crippen molar-refractivity contribution in [3.63, 3.8) is 0 Å². The van der Waals surface area contributed by atoms with Gasteiger partial charge >= 0.3 is 0 Å². The molecule has 0 N–H and O–H groups in total. The lowest BCUT2D eigenvalue weighted by Crippen LogP contribution is -2.41. The van der Waals surface area contributed by atoms with E-state index in [0.29, 0.717) is 12.6 Å². The third-order valence-corrected chi connectivity index (χ3v) is 5.36. The average molecular weight is 331 g/mol. The number of aromatic nitrogens is 2. The van der Waals surface area contributed by atoms with Crippen molar-refractivity contribution in [2.75, 3.05) is 13.2 Å². The van der Waals surface area contributed by atoms with Gasteiger partial charge in [-0.2, -0.15) is 0 Å². The van der Waals surface area contributed by atoms with E-state index in [1.165, 1.54) is 11.4 Å². The molecule has 2 fully saturated rings. The van der Waals surface area contributed by atoms with Crippen molar-refractivity contribution in [1.82, 2.24) is 14.9 Å². The quantitative estimate of drug-likeness (QED) is 0.842. The van der Waals surface area contributed by atoms with Crippen LogP contribution in [0.1, 0.15) is 23.4 Å². The van der Waals surface area contributed by atoms with Gasteiger partial charge in [0, 0.05) is 43.2 Å². The van der Waals surface area contributed by atoms with Crippen LogP contribution in [0.4, 0.5) is 0 Å². The maximum absolute atomic E-state index is 6.18. The normalized spacial score (nSPS) is 27.9. The van der Waals surface area contributed by atoms with Crippen LogP contribution in [-0.2, 0) is 22.6 Å². The number of likely N-dealkylation sites (tertiary alicyclic amines) is 1. The Labute approximate surface area is 140 Å². The van der Waals surface area contributed by atoms with Crippen LogP contribution in [0.3, 0.4) is 0 Å². The summed E-state index contributed by atoms with van der Waals surface area (Å²) in [5, 5.41) is 3.21. The largest absolute Gasteiger partial charge is 0.374 e. The van der Waals surface area contributed by atoms with Gasteiger partial charge in [0.1, 0.15) is 11.1 Å². The van der Waals surface area contributed by atoms with Crippen LogP contribution >= 0.6 is 11.3 Å². The Hall–Kier alpha value is -1.34. The molecule has 4 rings (SSSR count). The van der Waals surface area contributed by atoms with Gasteiger partial charge in [-0.15, -0.1) is 11.3 Å². The lowest BCUT2D eigenvalue weighted by atomic mass is 10.0. The van der Waals surface area contributed by atoms with Gasteiger partial charge < -0.3 is 9.47 Å². The van der Waals surface area contributed by atoms with Crippen LogP contribution in [0.5, 0.6) is 0 Å². The Balaban J connectivity index is 1.42. The topological polar surface area (TPSA) is 47.5 Å². The number of hydrogen-bond donors (Lipinski definition) is 0.